The topological polar surface area (TPSA) is 24.1 Å². The molecule has 1 fully saturated rings. The van der Waals surface area contributed by atoms with Crippen molar-refractivity contribution in [3.63, 3.8) is 0 Å². The SMILES string of the molecule is CC(NC1CC(C)(C)NC(C)(C)C1)c1ccc(F)cc1F. The Morgan fingerprint density at radius 2 is 1.71 bits per heavy atom. The summed E-state index contributed by atoms with van der Waals surface area (Å²) in [5.74, 6) is -1.02. The minimum atomic E-state index is -0.535. The second-order valence-corrected chi connectivity index (χ2v) is 7.55. The maximum Gasteiger partial charge on any atom is 0.130 e. The molecule has 0 bridgehead atoms. The van der Waals surface area contributed by atoms with Crippen molar-refractivity contribution >= 4 is 0 Å². The normalized spacial score (nSPS) is 23.0. The lowest BCUT2D eigenvalue weighted by molar-refractivity contribution is 0.140. The Morgan fingerprint density at radius 1 is 1.14 bits per heavy atom. The highest BCUT2D eigenvalue weighted by Crippen LogP contribution is 2.30. The zero-order valence-electron chi connectivity index (χ0n) is 13.6. The number of nitrogens with one attached hydrogen (secondary N) is 2. The zero-order chi connectivity index (χ0) is 15.8. The Morgan fingerprint density at radius 3 is 2.24 bits per heavy atom. The summed E-state index contributed by atoms with van der Waals surface area (Å²) < 4.78 is 26.9. The molecule has 2 nitrogen and oxygen atoms in total. The van der Waals surface area contributed by atoms with E-state index in [0.29, 0.717) is 11.6 Å². The minimum Gasteiger partial charge on any atom is -0.307 e. The van der Waals surface area contributed by atoms with Gasteiger partial charge >= 0.3 is 0 Å². The fraction of sp³-hybridized carbons (Fsp3) is 0.647. The van der Waals surface area contributed by atoms with Crippen LogP contribution in [0.2, 0.25) is 0 Å². The molecule has 4 heteroatoms. The van der Waals surface area contributed by atoms with Crippen LogP contribution in [0.15, 0.2) is 18.2 Å². The summed E-state index contributed by atoms with van der Waals surface area (Å²) in [5.41, 5.74) is 0.603. The molecule has 1 aliphatic heterocycles. The first-order valence-electron chi connectivity index (χ1n) is 7.58. The molecule has 1 aliphatic rings. The molecule has 1 aromatic rings. The smallest absolute Gasteiger partial charge is 0.130 e. The van der Waals surface area contributed by atoms with Gasteiger partial charge < -0.3 is 10.6 Å². The van der Waals surface area contributed by atoms with E-state index >= 15 is 0 Å². The van der Waals surface area contributed by atoms with Gasteiger partial charge in [0.1, 0.15) is 11.6 Å². The predicted molar refractivity (Wildman–Crippen MR) is 82.2 cm³/mol. The molecule has 0 aromatic heterocycles. The van der Waals surface area contributed by atoms with Crippen molar-refractivity contribution in [2.75, 3.05) is 0 Å². The van der Waals surface area contributed by atoms with Crippen molar-refractivity contribution in [2.45, 2.75) is 70.6 Å². The van der Waals surface area contributed by atoms with Gasteiger partial charge in [-0.25, -0.2) is 8.78 Å². The maximum atomic E-state index is 13.9. The van der Waals surface area contributed by atoms with Crippen LogP contribution in [0.5, 0.6) is 0 Å². The van der Waals surface area contributed by atoms with E-state index in [9.17, 15) is 8.78 Å². The molecule has 21 heavy (non-hydrogen) atoms. The van der Waals surface area contributed by atoms with Crippen LogP contribution in [-0.2, 0) is 0 Å². The van der Waals surface area contributed by atoms with E-state index in [2.05, 4.69) is 38.3 Å². The van der Waals surface area contributed by atoms with Gasteiger partial charge in [0, 0.05) is 34.8 Å². The first kappa shape index (κ1) is 16.4. The van der Waals surface area contributed by atoms with Crippen LogP contribution in [0.3, 0.4) is 0 Å². The third-order valence-electron chi connectivity index (χ3n) is 4.10. The van der Waals surface area contributed by atoms with Gasteiger partial charge in [-0.3, -0.25) is 0 Å². The van der Waals surface area contributed by atoms with E-state index in [4.69, 9.17) is 0 Å². The molecule has 0 aliphatic carbocycles. The second-order valence-electron chi connectivity index (χ2n) is 7.55. The molecule has 1 heterocycles. The van der Waals surface area contributed by atoms with E-state index in [1.54, 1.807) is 0 Å². The van der Waals surface area contributed by atoms with Gasteiger partial charge in [-0.15, -0.1) is 0 Å². The first-order chi connectivity index (χ1) is 9.58. The van der Waals surface area contributed by atoms with E-state index in [1.165, 1.54) is 12.1 Å². The molecule has 0 spiro atoms. The molecule has 0 amide bonds. The van der Waals surface area contributed by atoms with Crippen molar-refractivity contribution in [3.05, 3.63) is 35.4 Å². The van der Waals surface area contributed by atoms with Crippen molar-refractivity contribution < 1.29 is 8.78 Å². The first-order valence-corrected chi connectivity index (χ1v) is 7.58. The van der Waals surface area contributed by atoms with Gasteiger partial charge in [-0.05, 0) is 53.5 Å². The third kappa shape index (κ3) is 4.24. The van der Waals surface area contributed by atoms with Gasteiger partial charge in [0.15, 0.2) is 0 Å². The summed E-state index contributed by atoms with van der Waals surface area (Å²) in [6.07, 6.45) is 1.95. The number of halogens is 2. The number of piperidine rings is 1. The highest BCUT2D eigenvalue weighted by molar-refractivity contribution is 5.22. The third-order valence-corrected chi connectivity index (χ3v) is 4.10. The Balaban J connectivity index is 2.10. The van der Waals surface area contributed by atoms with Crippen LogP contribution in [0, 0.1) is 11.6 Å². The molecule has 2 N–H and O–H groups in total. The number of hydrogen-bond donors (Lipinski definition) is 2. The van der Waals surface area contributed by atoms with Crippen LogP contribution >= 0.6 is 0 Å². The molecule has 2 rings (SSSR count). The standard InChI is InChI=1S/C17H26F2N2/c1-11(14-7-6-12(18)8-15(14)19)20-13-9-16(2,3)21-17(4,5)10-13/h6-8,11,13,20-21H,9-10H2,1-5H3. The molecule has 1 aromatic carbocycles. The van der Waals surface area contributed by atoms with Crippen molar-refractivity contribution in [1.82, 2.24) is 10.6 Å². The number of rotatable bonds is 3. The summed E-state index contributed by atoms with van der Waals surface area (Å²) in [5, 5.41) is 7.13. The number of benzene rings is 1. The molecule has 0 radical (unpaired) electrons. The second kappa shape index (κ2) is 5.65. The monoisotopic (exact) mass is 296 g/mol. The lowest BCUT2D eigenvalue weighted by atomic mass is 9.79. The van der Waals surface area contributed by atoms with Crippen molar-refractivity contribution in [1.29, 1.82) is 0 Å². The fourth-order valence-corrected chi connectivity index (χ4v) is 3.74. The van der Waals surface area contributed by atoms with Gasteiger partial charge in [0.2, 0.25) is 0 Å². The summed E-state index contributed by atoms with van der Waals surface area (Å²) in [4.78, 5) is 0. The summed E-state index contributed by atoms with van der Waals surface area (Å²) in [6, 6.07) is 3.95. The average Bonchev–Trinajstić information content (AvgIpc) is 2.23. The lowest BCUT2D eigenvalue weighted by Gasteiger charge is -2.47. The van der Waals surface area contributed by atoms with E-state index < -0.39 is 11.6 Å². The fourth-order valence-electron chi connectivity index (χ4n) is 3.74. The zero-order valence-corrected chi connectivity index (χ0v) is 13.6. The van der Waals surface area contributed by atoms with Gasteiger partial charge in [0.25, 0.3) is 0 Å². The van der Waals surface area contributed by atoms with E-state index in [0.717, 1.165) is 18.9 Å². The van der Waals surface area contributed by atoms with E-state index in [-0.39, 0.29) is 17.1 Å². The summed E-state index contributed by atoms with van der Waals surface area (Å²) in [7, 11) is 0. The van der Waals surface area contributed by atoms with Crippen LogP contribution in [0.4, 0.5) is 8.78 Å². The Labute approximate surface area is 126 Å². The summed E-state index contributed by atoms with van der Waals surface area (Å²) in [6.45, 7) is 10.7. The quantitative estimate of drug-likeness (QED) is 0.883. The van der Waals surface area contributed by atoms with Gasteiger partial charge in [0.05, 0.1) is 0 Å². The number of hydrogen-bond acceptors (Lipinski definition) is 2. The molecular weight excluding hydrogens is 270 g/mol. The Bertz CT molecular complexity index is 496. The van der Waals surface area contributed by atoms with Gasteiger partial charge in [-0.1, -0.05) is 6.07 Å². The molecule has 1 saturated heterocycles. The highest BCUT2D eigenvalue weighted by Gasteiger charge is 2.38. The Kier molecular flexibility index (Phi) is 4.41. The lowest BCUT2D eigenvalue weighted by Crippen LogP contribution is -2.61. The minimum absolute atomic E-state index is 0.0421. The molecule has 1 atom stereocenters. The molecule has 1 unspecified atom stereocenters. The average molecular weight is 296 g/mol. The predicted octanol–water partition coefficient (Wildman–Crippen LogP) is 3.92. The maximum absolute atomic E-state index is 13.9. The molecular formula is C17H26F2N2. The van der Waals surface area contributed by atoms with Gasteiger partial charge in [-0.2, -0.15) is 0 Å². The van der Waals surface area contributed by atoms with Crippen molar-refractivity contribution in [3.8, 4) is 0 Å². The van der Waals surface area contributed by atoms with Crippen LogP contribution in [0.25, 0.3) is 0 Å². The van der Waals surface area contributed by atoms with Crippen LogP contribution in [0.1, 0.15) is 59.1 Å². The Hall–Kier alpha value is -1.00. The van der Waals surface area contributed by atoms with E-state index in [1.807, 2.05) is 6.92 Å². The van der Waals surface area contributed by atoms with Crippen LogP contribution in [-0.4, -0.2) is 17.1 Å². The van der Waals surface area contributed by atoms with Crippen molar-refractivity contribution in [2.24, 2.45) is 0 Å². The highest BCUT2D eigenvalue weighted by atomic mass is 19.1. The largest absolute Gasteiger partial charge is 0.307 e. The summed E-state index contributed by atoms with van der Waals surface area (Å²) >= 11 is 0. The van der Waals surface area contributed by atoms with Crippen LogP contribution < -0.4 is 10.6 Å². The molecule has 118 valence electrons. The molecule has 0 saturated carbocycles.